The lowest BCUT2D eigenvalue weighted by atomic mass is 9.87. The molecule has 3 N–H and O–H groups in total. The van der Waals surface area contributed by atoms with Crippen LogP contribution in [0.5, 0.6) is 0 Å². The Bertz CT molecular complexity index is 382. The van der Waals surface area contributed by atoms with Gasteiger partial charge in [0.05, 0.1) is 12.1 Å². The molecule has 0 aromatic heterocycles. The minimum Gasteiger partial charge on any atom is -0.335 e. The second-order valence-corrected chi connectivity index (χ2v) is 7.08. The molecule has 0 aromatic rings. The molecule has 1 aliphatic heterocycles. The van der Waals surface area contributed by atoms with Crippen molar-refractivity contribution < 1.29 is 4.79 Å². The van der Waals surface area contributed by atoms with Crippen molar-refractivity contribution in [3.63, 3.8) is 0 Å². The Labute approximate surface area is 122 Å². The molecule has 5 heteroatoms. The second-order valence-electron chi connectivity index (χ2n) is 7.08. The van der Waals surface area contributed by atoms with Crippen LogP contribution in [0, 0.1) is 16.7 Å². The lowest BCUT2D eigenvalue weighted by Crippen LogP contribution is -2.55. The van der Waals surface area contributed by atoms with Gasteiger partial charge in [-0.1, -0.05) is 27.7 Å². The molecular weight excluding hydrogens is 252 g/mol. The first-order valence-electron chi connectivity index (χ1n) is 7.42. The molecule has 0 aromatic carbocycles. The Hall–Kier alpha value is -1.12. The Balaban J connectivity index is 2.61. The van der Waals surface area contributed by atoms with Crippen LogP contribution < -0.4 is 11.1 Å². The minimum absolute atomic E-state index is 0.000481. The molecule has 0 aliphatic carbocycles. The number of amides is 1. The summed E-state index contributed by atoms with van der Waals surface area (Å²) < 4.78 is 0. The summed E-state index contributed by atoms with van der Waals surface area (Å²) in [7, 11) is 0. The molecule has 114 valence electrons. The molecule has 5 nitrogen and oxygen atoms in total. The van der Waals surface area contributed by atoms with E-state index in [-0.39, 0.29) is 11.3 Å². The van der Waals surface area contributed by atoms with Crippen LogP contribution in [0.3, 0.4) is 0 Å². The predicted octanol–water partition coefficient (Wildman–Crippen LogP) is 1.24. The van der Waals surface area contributed by atoms with Crippen LogP contribution in [0.15, 0.2) is 0 Å². The zero-order chi connectivity index (χ0) is 15.4. The van der Waals surface area contributed by atoms with Crippen molar-refractivity contribution in [3.8, 4) is 6.07 Å². The first-order chi connectivity index (χ1) is 9.21. The summed E-state index contributed by atoms with van der Waals surface area (Å²) in [5.74, 6) is -0.208. The van der Waals surface area contributed by atoms with Crippen LogP contribution in [0.1, 0.15) is 47.0 Å². The highest BCUT2D eigenvalue weighted by Crippen LogP contribution is 2.23. The average molecular weight is 280 g/mol. The molecule has 1 amide bonds. The number of nitrogens with zero attached hydrogens (tertiary/aromatic N) is 2. The van der Waals surface area contributed by atoms with E-state index < -0.39 is 11.6 Å². The molecule has 1 saturated heterocycles. The van der Waals surface area contributed by atoms with Gasteiger partial charge < -0.3 is 11.1 Å². The first kappa shape index (κ1) is 16.9. The van der Waals surface area contributed by atoms with Gasteiger partial charge in [0.25, 0.3) is 0 Å². The molecule has 2 atom stereocenters. The van der Waals surface area contributed by atoms with Gasteiger partial charge in [0.15, 0.2) is 0 Å². The molecule has 1 aliphatic rings. The Morgan fingerprint density at radius 1 is 1.55 bits per heavy atom. The zero-order valence-corrected chi connectivity index (χ0v) is 13.2. The number of likely N-dealkylation sites (tertiary alicyclic amines) is 1. The monoisotopic (exact) mass is 280 g/mol. The SMILES string of the molecule is CCCN1CCC(C#N)(NC(=O)C(N)CC(C)(C)C)C1. The van der Waals surface area contributed by atoms with Crippen molar-refractivity contribution in [2.45, 2.75) is 58.5 Å². The zero-order valence-electron chi connectivity index (χ0n) is 13.2. The lowest BCUT2D eigenvalue weighted by molar-refractivity contribution is -0.124. The number of nitrogens with one attached hydrogen (secondary N) is 1. The third kappa shape index (κ3) is 4.77. The van der Waals surface area contributed by atoms with Crippen LogP contribution in [-0.4, -0.2) is 42.0 Å². The normalized spacial score (nSPS) is 25.2. The van der Waals surface area contributed by atoms with Crippen molar-refractivity contribution in [2.75, 3.05) is 19.6 Å². The Morgan fingerprint density at radius 2 is 2.20 bits per heavy atom. The summed E-state index contributed by atoms with van der Waals surface area (Å²) in [5, 5.41) is 12.3. The summed E-state index contributed by atoms with van der Waals surface area (Å²) in [6.07, 6.45) is 2.34. The van der Waals surface area contributed by atoms with Gasteiger partial charge in [-0.05, 0) is 31.2 Å². The number of hydrogen-bond donors (Lipinski definition) is 2. The van der Waals surface area contributed by atoms with Crippen molar-refractivity contribution in [1.29, 1.82) is 5.26 Å². The maximum Gasteiger partial charge on any atom is 0.238 e. The van der Waals surface area contributed by atoms with Gasteiger partial charge in [0.1, 0.15) is 5.54 Å². The number of carbonyl (C=O) groups is 1. The van der Waals surface area contributed by atoms with Gasteiger partial charge in [0, 0.05) is 13.1 Å². The van der Waals surface area contributed by atoms with Gasteiger partial charge >= 0.3 is 0 Å². The smallest absolute Gasteiger partial charge is 0.238 e. The van der Waals surface area contributed by atoms with Crippen LogP contribution in [0.25, 0.3) is 0 Å². The van der Waals surface area contributed by atoms with Crippen LogP contribution in [0.4, 0.5) is 0 Å². The molecule has 0 saturated carbocycles. The second kappa shape index (κ2) is 6.55. The number of rotatable bonds is 5. The quantitative estimate of drug-likeness (QED) is 0.794. The number of nitrogens with two attached hydrogens (primary N) is 1. The van der Waals surface area contributed by atoms with Crippen LogP contribution in [0.2, 0.25) is 0 Å². The molecule has 0 radical (unpaired) electrons. The van der Waals surface area contributed by atoms with Crippen molar-refractivity contribution in [3.05, 3.63) is 0 Å². The van der Waals surface area contributed by atoms with Crippen molar-refractivity contribution in [2.24, 2.45) is 11.1 Å². The van der Waals surface area contributed by atoms with E-state index in [1.807, 2.05) is 0 Å². The lowest BCUT2D eigenvalue weighted by Gasteiger charge is -2.27. The van der Waals surface area contributed by atoms with Gasteiger partial charge in [0.2, 0.25) is 5.91 Å². The van der Waals surface area contributed by atoms with E-state index in [0.29, 0.717) is 19.4 Å². The highest BCUT2D eigenvalue weighted by molar-refractivity contribution is 5.82. The standard InChI is InChI=1S/C15H28N4O/c1-5-7-19-8-6-15(10-16,11-19)18-13(20)12(17)9-14(2,3)4/h12H,5-9,11,17H2,1-4H3,(H,18,20). The molecule has 20 heavy (non-hydrogen) atoms. The molecule has 1 heterocycles. The average Bonchev–Trinajstić information content (AvgIpc) is 2.71. The maximum atomic E-state index is 12.2. The summed E-state index contributed by atoms with van der Waals surface area (Å²) in [5.41, 5.74) is 5.19. The number of carbonyl (C=O) groups excluding carboxylic acids is 1. The van der Waals surface area contributed by atoms with E-state index in [1.165, 1.54) is 0 Å². The Kier molecular flexibility index (Phi) is 5.55. The van der Waals surface area contributed by atoms with Crippen LogP contribution >= 0.6 is 0 Å². The predicted molar refractivity (Wildman–Crippen MR) is 79.9 cm³/mol. The van der Waals surface area contributed by atoms with E-state index in [4.69, 9.17) is 5.73 Å². The minimum atomic E-state index is -0.762. The van der Waals surface area contributed by atoms with E-state index in [9.17, 15) is 10.1 Å². The first-order valence-corrected chi connectivity index (χ1v) is 7.42. The van der Waals surface area contributed by atoms with Gasteiger partial charge in [-0.15, -0.1) is 0 Å². The topological polar surface area (TPSA) is 82.2 Å². The highest BCUT2D eigenvalue weighted by Gasteiger charge is 2.40. The van der Waals surface area contributed by atoms with Crippen molar-refractivity contribution in [1.82, 2.24) is 10.2 Å². The number of nitriles is 1. The van der Waals surface area contributed by atoms with E-state index in [1.54, 1.807) is 0 Å². The fraction of sp³-hybridized carbons (Fsp3) is 0.867. The molecule has 0 bridgehead atoms. The molecule has 2 unspecified atom stereocenters. The third-order valence-electron chi connectivity index (χ3n) is 3.63. The fourth-order valence-electron chi connectivity index (χ4n) is 2.70. The Morgan fingerprint density at radius 3 is 2.70 bits per heavy atom. The molecule has 1 rings (SSSR count). The third-order valence-corrected chi connectivity index (χ3v) is 3.63. The molecule has 1 fully saturated rings. The van der Waals surface area contributed by atoms with Gasteiger partial charge in [-0.3, -0.25) is 9.69 Å². The van der Waals surface area contributed by atoms with Gasteiger partial charge in [-0.25, -0.2) is 0 Å². The summed E-state index contributed by atoms with van der Waals surface area (Å²) in [4.78, 5) is 14.4. The summed E-state index contributed by atoms with van der Waals surface area (Å²) in [6, 6.07) is 1.73. The molecular formula is C15H28N4O. The summed E-state index contributed by atoms with van der Waals surface area (Å²) >= 11 is 0. The maximum absolute atomic E-state index is 12.2. The van der Waals surface area contributed by atoms with Crippen molar-refractivity contribution >= 4 is 5.91 Å². The van der Waals surface area contributed by atoms with E-state index in [0.717, 1.165) is 19.5 Å². The van der Waals surface area contributed by atoms with E-state index >= 15 is 0 Å². The fourth-order valence-corrected chi connectivity index (χ4v) is 2.70. The van der Waals surface area contributed by atoms with E-state index in [2.05, 4.69) is 44.0 Å². The highest BCUT2D eigenvalue weighted by atomic mass is 16.2. The summed E-state index contributed by atoms with van der Waals surface area (Å²) in [6.45, 7) is 10.7. The van der Waals surface area contributed by atoms with Gasteiger partial charge in [-0.2, -0.15) is 5.26 Å². The molecule has 0 spiro atoms. The largest absolute Gasteiger partial charge is 0.335 e. The number of hydrogen-bond acceptors (Lipinski definition) is 4. The van der Waals surface area contributed by atoms with Crippen LogP contribution in [-0.2, 0) is 4.79 Å².